The molecule has 1 fully saturated rings. The van der Waals surface area contributed by atoms with Crippen LogP contribution in [0.25, 0.3) is 0 Å². The molecule has 0 aliphatic heterocycles. The van der Waals surface area contributed by atoms with E-state index in [1.165, 1.54) is 6.42 Å². The van der Waals surface area contributed by atoms with Gasteiger partial charge in [-0.2, -0.15) is 0 Å². The smallest absolute Gasteiger partial charge is 0.239 e. The highest BCUT2D eigenvalue weighted by atomic mass is 79.9. The summed E-state index contributed by atoms with van der Waals surface area (Å²) in [6.07, 6.45) is 3.67. The second-order valence-corrected chi connectivity index (χ2v) is 5.41. The number of halogens is 1. The fraction of sp³-hybridized carbons (Fsp3) is 0.545. The molecule has 6 heteroatoms. The Hall–Kier alpha value is -1.17. The molecule has 1 aromatic rings. The van der Waals surface area contributed by atoms with Crippen LogP contribution in [-0.4, -0.2) is 27.0 Å². The molecule has 1 aliphatic rings. The van der Waals surface area contributed by atoms with E-state index in [0.29, 0.717) is 11.7 Å². The molecule has 0 saturated heterocycles. The van der Waals surface area contributed by atoms with Crippen molar-refractivity contribution in [3.05, 3.63) is 12.1 Å². The van der Waals surface area contributed by atoms with Crippen LogP contribution >= 0.6 is 15.9 Å². The third-order valence-electron chi connectivity index (χ3n) is 2.59. The number of aromatic nitrogens is 2. The second-order valence-electron chi connectivity index (χ2n) is 4.03. The minimum Gasteiger partial charge on any atom is -0.473 e. The molecule has 0 radical (unpaired) electrons. The van der Waals surface area contributed by atoms with Gasteiger partial charge in [-0.05, 0) is 32.3 Å². The molecular weight excluding hydrogens is 286 g/mol. The summed E-state index contributed by atoms with van der Waals surface area (Å²) in [5.41, 5.74) is 0. The third kappa shape index (κ3) is 3.39. The van der Waals surface area contributed by atoms with Crippen LogP contribution in [0.15, 0.2) is 12.1 Å². The SMILES string of the molecule is CC(Br)C(=O)Nc1ccc(OC2CCC2)nn1. The first-order valence-corrected chi connectivity index (χ1v) is 6.52. The molecule has 1 saturated carbocycles. The molecule has 1 aliphatic carbocycles. The van der Waals surface area contributed by atoms with Crippen molar-refractivity contribution in [2.24, 2.45) is 0 Å². The average Bonchev–Trinajstić information content (AvgIpc) is 2.25. The molecule has 1 atom stereocenters. The van der Waals surface area contributed by atoms with E-state index < -0.39 is 0 Å². The number of hydrogen-bond acceptors (Lipinski definition) is 4. The quantitative estimate of drug-likeness (QED) is 0.865. The highest BCUT2D eigenvalue weighted by Gasteiger charge is 2.19. The summed E-state index contributed by atoms with van der Waals surface area (Å²) in [6, 6.07) is 3.41. The summed E-state index contributed by atoms with van der Waals surface area (Å²) in [5.74, 6) is 0.800. The number of hydrogen-bond donors (Lipinski definition) is 1. The Balaban J connectivity index is 1.90. The monoisotopic (exact) mass is 299 g/mol. The number of ether oxygens (including phenoxy) is 1. The van der Waals surface area contributed by atoms with Crippen molar-refractivity contribution in [2.75, 3.05) is 5.32 Å². The molecule has 1 aromatic heterocycles. The zero-order valence-corrected chi connectivity index (χ0v) is 11.1. The standard InChI is InChI=1S/C11H14BrN3O2/c1-7(12)11(16)13-9-5-6-10(15-14-9)17-8-3-2-4-8/h5-8H,2-4H2,1H3,(H,13,14,16). The lowest BCUT2D eigenvalue weighted by molar-refractivity contribution is -0.115. The zero-order valence-electron chi connectivity index (χ0n) is 9.52. The van der Waals surface area contributed by atoms with Gasteiger partial charge in [0, 0.05) is 6.07 Å². The number of carbonyl (C=O) groups excluding carboxylic acids is 1. The van der Waals surface area contributed by atoms with Gasteiger partial charge in [0.2, 0.25) is 11.8 Å². The van der Waals surface area contributed by atoms with E-state index in [9.17, 15) is 4.79 Å². The van der Waals surface area contributed by atoms with E-state index in [2.05, 4.69) is 31.4 Å². The Bertz CT molecular complexity index is 390. The van der Waals surface area contributed by atoms with Gasteiger partial charge in [0.25, 0.3) is 0 Å². The number of anilines is 1. The Morgan fingerprint density at radius 3 is 2.76 bits per heavy atom. The van der Waals surface area contributed by atoms with E-state index in [1.54, 1.807) is 19.1 Å². The van der Waals surface area contributed by atoms with Crippen molar-refractivity contribution in [3.8, 4) is 5.88 Å². The highest BCUT2D eigenvalue weighted by Crippen LogP contribution is 2.23. The summed E-state index contributed by atoms with van der Waals surface area (Å²) in [4.78, 5) is 11.1. The average molecular weight is 300 g/mol. The maximum Gasteiger partial charge on any atom is 0.239 e. The van der Waals surface area contributed by atoms with Crippen molar-refractivity contribution < 1.29 is 9.53 Å². The van der Waals surface area contributed by atoms with Crippen LogP contribution in [0.3, 0.4) is 0 Å². The van der Waals surface area contributed by atoms with Gasteiger partial charge >= 0.3 is 0 Å². The molecular formula is C11H14BrN3O2. The van der Waals surface area contributed by atoms with Gasteiger partial charge in [-0.15, -0.1) is 10.2 Å². The molecule has 5 nitrogen and oxygen atoms in total. The molecule has 17 heavy (non-hydrogen) atoms. The van der Waals surface area contributed by atoms with Crippen LogP contribution < -0.4 is 10.1 Å². The number of rotatable bonds is 4. The van der Waals surface area contributed by atoms with Gasteiger partial charge in [0.1, 0.15) is 6.10 Å². The van der Waals surface area contributed by atoms with Gasteiger partial charge in [0.05, 0.1) is 4.83 Å². The molecule has 1 unspecified atom stereocenters. The van der Waals surface area contributed by atoms with Crippen molar-refractivity contribution in [2.45, 2.75) is 37.1 Å². The first-order chi connectivity index (χ1) is 8.15. The number of nitrogens with zero attached hydrogens (tertiary/aromatic N) is 2. The fourth-order valence-electron chi connectivity index (χ4n) is 1.33. The Kier molecular flexibility index (Phi) is 3.93. The molecule has 2 rings (SSSR count). The van der Waals surface area contributed by atoms with Gasteiger partial charge in [-0.1, -0.05) is 15.9 Å². The predicted octanol–water partition coefficient (Wildman–Crippen LogP) is 2.13. The minimum atomic E-state index is -0.254. The number of carbonyl (C=O) groups is 1. The lowest BCUT2D eigenvalue weighted by Crippen LogP contribution is -2.25. The number of nitrogens with one attached hydrogen (secondary N) is 1. The maximum atomic E-state index is 11.4. The molecule has 0 aromatic carbocycles. The van der Waals surface area contributed by atoms with E-state index in [0.717, 1.165) is 12.8 Å². The van der Waals surface area contributed by atoms with E-state index in [-0.39, 0.29) is 16.8 Å². The van der Waals surface area contributed by atoms with Gasteiger partial charge in [-0.25, -0.2) is 0 Å². The fourth-order valence-corrected chi connectivity index (χ4v) is 1.45. The molecule has 1 heterocycles. The lowest BCUT2D eigenvalue weighted by atomic mass is 9.96. The summed E-state index contributed by atoms with van der Waals surface area (Å²) in [7, 11) is 0. The Morgan fingerprint density at radius 2 is 2.29 bits per heavy atom. The Morgan fingerprint density at radius 1 is 1.53 bits per heavy atom. The van der Waals surface area contributed by atoms with Crippen LogP contribution in [0.1, 0.15) is 26.2 Å². The van der Waals surface area contributed by atoms with Gasteiger partial charge < -0.3 is 10.1 Å². The van der Waals surface area contributed by atoms with Crippen molar-refractivity contribution >= 4 is 27.7 Å². The predicted molar refractivity (Wildman–Crippen MR) is 67.3 cm³/mol. The second kappa shape index (κ2) is 5.44. The van der Waals surface area contributed by atoms with E-state index >= 15 is 0 Å². The van der Waals surface area contributed by atoms with Crippen LogP contribution in [0.5, 0.6) is 5.88 Å². The number of amides is 1. The minimum absolute atomic E-state index is 0.146. The third-order valence-corrected chi connectivity index (χ3v) is 3.01. The Labute approximate surface area is 108 Å². The first-order valence-electron chi connectivity index (χ1n) is 5.60. The molecule has 0 spiro atoms. The summed E-state index contributed by atoms with van der Waals surface area (Å²) in [6.45, 7) is 1.75. The molecule has 1 amide bonds. The van der Waals surface area contributed by atoms with Crippen molar-refractivity contribution in [1.82, 2.24) is 10.2 Å². The largest absolute Gasteiger partial charge is 0.473 e. The molecule has 1 N–H and O–H groups in total. The van der Waals surface area contributed by atoms with Crippen molar-refractivity contribution in [1.29, 1.82) is 0 Å². The van der Waals surface area contributed by atoms with Gasteiger partial charge in [-0.3, -0.25) is 4.79 Å². The van der Waals surface area contributed by atoms with E-state index in [1.807, 2.05) is 0 Å². The van der Waals surface area contributed by atoms with Crippen LogP contribution in [0.2, 0.25) is 0 Å². The maximum absolute atomic E-state index is 11.4. The zero-order chi connectivity index (χ0) is 12.3. The first kappa shape index (κ1) is 12.3. The van der Waals surface area contributed by atoms with Crippen LogP contribution in [-0.2, 0) is 4.79 Å². The van der Waals surface area contributed by atoms with E-state index in [4.69, 9.17) is 4.74 Å². The molecule has 0 bridgehead atoms. The lowest BCUT2D eigenvalue weighted by Gasteiger charge is -2.25. The number of alkyl halides is 1. The van der Waals surface area contributed by atoms with Gasteiger partial charge in [0.15, 0.2) is 5.82 Å². The van der Waals surface area contributed by atoms with Crippen LogP contribution in [0.4, 0.5) is 5.82 Å². The topological polar surface area (TPSA) is 64.1 Å². The highest BCUT2D eigenvalue weighted by molar-refractivity contribution is 9.10. The summed E-state index contributed by atoms with van der Waals surface area (Å²) in [5, 5.41) is 10.4. The van der Waals surface area contributed by atoms with Crippen molar-refractivity contribution in [3.63, 3.8) is 0 Å². The normalized spacial score (nSPS) is 17.1. The summed E-state index contributed by atoms with van der Waals surface area (Å²) >= 11 is 3.18. The summed E-state index contributed by atoms with van der Waals surface area (Å²) < 4.78 is 5.56. The van der Waals surface area contributed by atoms with Crippen LogP contribution in [0, 0.1) is 0 Å². The molecule has 92 valence electrons.